The highest BCUT2D eigenvalue weighted by Crippen LogP contribution is 2.31. The molecular formula is C18H15F3N2O2S2. The third kappa shape index (κ3) is 4.55. The molecule has 3 rings (SSSR count). The molecule has 0 bridgehead atoms. The van der Waals surface area contributed by atoms with Crippen LogP contribution in [0.4, 0.5) is 13.2 Å². The molecule has 0 aliphatic carbocycles. The molecule has 0 aliphatic heterocycles. The van der Waals surface area contributed by atoms with Crippen molar-refractivity contribution in [1.82, 2.24) is 9.71 Å². The fourth-order valence-corrected chi connectivity index (χ4v) is 4.52. The van der Waals surface area contributed by atoms with E-state index in [1.807, 2.05) is 30.3 Å². The molecule has 3 aromatic rings. The number of hydrogen-bond donors (Lipinski definition) is 1. The lowest BCUT2D eigenvalue weighted by molar-refractivity contribution is -0.137. The number of thiazole rings is 1. The number of halogens is 3. The average Bonchev–Trinajstić information content (AvgIpc) is 3.01. The number of hydrogen-bond acceptors (Lipinski definition) is 4. The minimum Gasteiger partial charge on any atom is -0.241 e. The Morgan fingerprint density at radius 3 is 2.44 bits per heavy atom. The molecule has 9 heteroatoms. The molecule has 0 radical (unpaired) electrons. The maximum absolute atomic E-state index is 12.8. The fraction of sp³-hybridized carbons (Fsp3) is 0.167. The van der Waals surface area contributed by atoms with Crippen molar-refractivity contribution in [2.24, 2.45) is 0 Å². The van der Waals surface area contributed by atoms with Gasteiger partial charge in [-0.2, -0.15) is 13.2 Å². The summed E-state index contributed by atoms with van der Waals surface area (Å²) in [4.78, 5) is 4.71. The zero-order chi connectivity index (χ0) is 19.7. The molecule has 0 saturated carbocycles. The van der Waals surface area contributed by atoms with Crippen molar-refractivity contribution in [3.8, 4) is 10.6 Å². The summed E-state index contributed by atoms with van der Waals surface area (Å²) in [5.41, 5.74) is 0.578. The van der Waals surface area contributed by atoms with E-state index < -0.39 is 26.7 Å². The summed E-state index contributed by atoms with van der Waals surface area (Å²) in [6.07, 6.45) is -4.61. The van der Waals surface area contributed by atoms with Crippen LogP contribution in [0.3, 0.4) is 0 Å². The van der Waals surface area contributed by atoms with Crippen LogP contribution in [0.25, 0.3) is 10.6 Å². The summed E-state index contributed by atoms with van der Waals surface area (Å²) in [5, 5.41) is 0.751. The van der Waals surface area contributed by atoms with E-state index in [2.05, 4.69) is 9.71 Å². The standard InChI is InChI=1S/C18H15F3N2O2S2/c1-12-16(26-17(23-12)13-6-3-2-4-7-13)11-22-27(24,25)15-9-5-8-14(10-15)18(19,20)21/h2-10,22H,11H2,1H3. The quantitative estimate of drug-likeness (QED) is 0.666. The van der Waals surface area contributed by atoms with Gasteiger partial charge < -0.3 is 0 Å². The van der Waals surface area contributed by atoms with Gasteiger partial charge in [0, 0.05) is 17.0 Å². The molecule has 1 heterocycles. The lowest BCUT2D eigenvalue weighted by Crippen LogP contribution is -2.23. The number of sulfonamides is 1. The Kier molecular flexibility index (Phi) is 5.36. The Bertz CT molecular complexity index is 1050. The number of nitrogens with one attached hydrogen (secondary N) is 1. The van der Waals surface area contributed by atoms with Crippen molar-refractivity contribution in [3.63, 3.8) is 0 Å². The van der Waals surface area contributed by atoms with Crippen molar-refractivity contribution in [2.45, 2.75) is 24.5 Å². The van der Waals surface area contributed by atoms with Crippen LogP contribution in [-0.4, -0.2) is 13.4 Å². The zero-order valence-corrected chi connectivity index (χ0v) is 15.8. The molecule has 1 N–H and O–H groups in total. The molecule has 4 nitrogen and oxygen atoms in total. The van der Waals surface area contributed by atoms with Gasteiger partial charge in [-0.05, 0) is 25.1 Å². The first kappa shape index (κ1) is 19.5. The lowest BCUT2D eigenvalue weighted by Gasteiger charge is -2.10. The van der Waals surface area contributed by atoms with Crippen molar-refractivity contribution >= 4 is 21.4 Å². The van der Waals surface area contributed by atoms with Gasteiger partial charge in [-0.15, -0.1) is 11.3 Å². The molecule has 1 aromatic heterocycles. The topological polar surface area (TPSA) is 59.1 Å². The number of rotatable bonds is 5. The summed E-state index contributed by atoms with van der Waals surface area (Å²) in [6.45, 7) is 1.71. The van der Waals surface area contributed by atoms with E-state index in [-0.39, 0.29) is 6.54 Å². The highest BCUT2D eigenvalue weighted by atomic mass is 32.2. The second kappa shape index (κ2) is 7.41. The first-order valence-electron chi connectivity index (χ1n) is 7.85. The number of aryl methyl sites for hydroxylation is 1. The third-order valence-electron chi connectivity index (χ3n) is 3.81. The van der Waals surface area contributed by atoms with E-state index >= 15 is 0 Å². The molecule has 0 saturated heterocycles. The molecule has 0 amide bonds. The maximum Gasteiger partial charge on any atom is 0.416 e. The Hall–Kier alpha value is -2.23. The second-order valence-corrected chi connectivity index (χ2v) is 8.59. The predicted octanol–water partition coefficient (Wildman–Crippen LogP) is 4.62. The van der Waals surface area contributed by atoms with Crippen molar-refractivity contribution < 1.29 is 21.6 Å². The van der Waals surface area contributed by atoms with Crippen LogP contribution in [0.1, 0.15) is 16.1 Å². The molecule has 0 aliphatic rings. The Morgan fingerprint density at radius 2 is 1.78 bits per heavy atom. The van der Waals surface area contributed by atoms with Crippen LogP contribution in [0, 0.1) is 6.92 Å². The molecule has 0 spiro atoms. The first-order valence-corrected chi connectivity index (χ1v) is 10.2. The molecular weight excluding hydrogens is 397 g/mol. The average molecular weight is 412 g/mol. The van der Waals surface area contributed by atoms with Crippen LogP contribution in [0.2, 0.25) is 0 Å². The molecule has 0 atom stereocenters. The number of alkyl halides is 3. The van der Waals surface area contributed by atoms with Crippen LogP contribution < -0.4 is 4.72 Å². The van der Waals surface area contributed by atoms with E-state index in [4.69, 9.17) is 0 Å². The van der Waals surface area contributed by atoms with E-state index in [1.54, 1.807) is 6.92 Å². The normalized spacial score (nSPS) is 12.3. The predicted molar refractivity (Wildman–Crippen MR) is 97.8 cm³/mol. The van der Waals surface area contributed by atoms with Crippen LogP contribution >= 0.6 is 11.3 Å². The van der Waals surface area contributed by atoms with Gasteiger partial charge >= 0.3 is 6.18 Å². The van der Waals surface area contributed by atoms with Gasteiger partial charge in [0.25, 0.3) is 0 Å². The van der Waals surface area contributed by atoms with E-state index in [9.17, 15) is 21.6 Å². The molecule has 2 aromatic carbocycles. The van der Waals surface area contributed by atoms with Crippen molar-refractivity contribution in [2.75, 3.05) is 0 Å². The van der Waals surface area contributed by atoms with Crippen LogP contribution in [-0.2, 0) is 22.7 Å². The smallest absolute Gasteiger partial charge is 0.241 e. The molecule has 0 unspecified atom stereocenters. The van der Waals surface area contributed by atoms with Crippen LogP contribution in [0.5, 0.6) is 0 Å². The summed E-state index contributed by atoms with van der Waals surface area (Å²) < 4.78 is 65.5. The Labute approximate surface area is 158 Å². The number of aromatic nitrogens is 1. The summed E-state index contributed by atoms with van der Waals surface area (Å²) in [7, 11) is -4.08. The molecule has 142 valence electrons. The van der Waals surface area contributed by atoms with E-state index in [0.717, 1.165) is 28.8 Å². The summed E-state index contributed by atoms with van der Waals surface area (Å²) in [5.74, 6) is 0. The van der Waals surface area contributed by atoms with Gasteiger partial charge in [0.05, 0.1) is 16.2 Å². The molecule has 0 fully saturated rings. The largest absolute Gasteiger partial charge is 0.416 e. The Balaban J connectivity index is 1.80. The first-order chi connectivity index (χ1) is 12.7. The molecule has 27 heavy (non-hydrogen) atoms. The second-order valence-electron chi connectivity index (χ2n) is 5.74. The fourth-order valence-electron chi connectivity index (χ4n) is 2.38. The van der Waals surface area contributed by atoms with E-state index in [0.29, 0.717) is 16.6 Å². The summed E-state index contributed by atoms with van der Waals surface area (Å²) >= 11 is 1.34. The van der Waals surface area contributed by atoms with Gasteiger partial charge in [-0.3, -0.25) is 0 Å². The highest BCUT2D eigenvalue weighted by Gasteiger charge is 2.31. The van der Waals surface area contributed by atoms with Gasteiger partial charge in [-0.1, -0.05) is 36.4 Å². The van der Waals surface area contributed by atoms with Gasteiger partial charge in [0.1, 0.15) is 5.01 Å². The minimum absolute atomic E-state index is 0.0467. The monoisotopic (exact) mass is 412 g/mol. The maximum atomic E-state index is 12.8. The van der Waals surface area contributed by atoms with Crippen LogP contribution in [0.15, 0.2) is 59.5 Å². The number of benzene rings is 2. The van der Waals surface area contributed by atoms with Gasteiger partial charge in [0.2, 0.25) is 10.0 Å². The lowest BCUT2D eigenvalue weighted by atomic mass is 10.2. The van der Waals surface area contributed by atoms with Crippen molar-refractivity contribution in [1.29, 1.82) is 0 Å². The minimum atomic E-state index is -4.61. The highest BCUT2D eigenvalue weighted by molar-refractivity contribution is 7.89. The zero-order valence-electron chi connectivity index (χ0n) is 14.1. The van der Waals surface area contributed by atoms with E-state index in [1.165, 1.54) is 11.3 Å². The summed E-state index contributed by atoms with van der Waals surface area (Å²) in [6, 6.07) is 13.1. The van der Waals surface area contributed by atoms with Gasteiger partial charge in [0.15, 0.2) is 0 Å². The number of nitrogens with zero attached hydrogens (tertiary/aromatic N) is 1. The third-order valence-corrected chi connectivity index (χ3v) is 6.41. The Morgan fingerprint density at radius 1 is 1.07 bits per heavy atom. The SMILES string of the molecule is Cc1nc(-c2ccccc2)sc1CNS(=O)(=O)c1cccc(C(F)(F)F)c1. The van der Waals surface area contributed by atoms with Gasteiger partial charge in [-0.25, -0.2) is 18.1 Å². The van der Waals surface area contributed by atoms with Crippen molar-refractivity contribution in [3.05, 3.63) is 70.7 Å².